The number of amides is 1. The number of methoxy groups -OCH3 is 1. The van der Waals surface area contributed by atoms with E-state index in [9.17, 15) is 4.79 Å². The van der Waals surface area contributed by atoms with Crippen molar-refractivity contribution in [1.82, 2.24) is 9.99 Å². The monoisotopic (exact) mass is 576 g/mol. The van der Waals surface area contributed by atoms with Gasteiger partial charge in [0.25, 0.3) is 0 Å². The minimum atomic E-state index is -0.505. The van der Waals surface area contributed by atoms with Gasteiger partial charge in [-0.3, -0.25) is 4.79 Å². The van der Waals surface area contributed by atoms with Crippen LogP contribution in [0.5, 0.6) is 17.2 Å². The summed E-state index contributed by atoms with van der Waals surface area (Å²) in [5, 5.41) is 12.7. The Bertz CT molecular complexity index is 1480. The molecule has 0 aliphatic carbocycles. The number of nitriles is 1. The minimum Gasteiger partial charge on any atom is -0.493 e. The number of hydrazone groups is 1. The van der Waals surface area contributed by atoms with Gasteiger partial charge in [0.15, 0.2) is 23.9 Å². The highest BCUT2D eigenvalue weighted by Crippen LogP contribution is 2.36. The Morgan fingerprint density at radius 3 is 2.53 bits per heavy atom. The molecule has 0 radical (unpaired) electrons. The van der Waals surface area contributed by atoms with E-state index < -0.39 is 5.91 Å². The second kappa shape index (κ2) is 12.2. The zero-order chi connectivity index (χ0) is 27.1. The van der Waals surface area contributed by atoms with E-state index in [2.05, 4.69) is 57.0 Å². The number of aromatic nitrogens is 1. The molecule has 9 nitrogen and oxygen atoms in total. The third-order valence-corrected chi connectivity index (χ3v) is 6.13. The van der Waals surface area contributed by atoms with Gasteiger partial charge in [0.2, 0.25) is 0 Å². The molecule has 10 heteroatoms. The second-order valence-corrected chi connectivity index (χ2v) is 9.03. The number of hydrogen-bond donors (Lipinski definition) is 1. The summed E-state index contributed by atoms with van der Waals surface area (Å²) in [7, 11) is 1.49. The molecule has 0 unspecified atom stereocenters. The lowest BCUT2D eigenvalue weighted by Gasteiger charge is -2.11. The topological polar surface area (TPSA) is 111 Å². The number of hydrogen-bond acceptors (Lipinski definition) is 7. The lowest BCUT2D eigenvalue weighted by atomic mass is 10.2. The number of nitrogens with zero attached hydrogens (tertiary/aromatic N) is 3. The van der Waals surface area contributed by atoms with Crippen LogP contribution in [0.15, 0.2) is 74.7 Å². The van der Waals surface area contributed by atoms with Gasteiger partial charge >= 0.3 is 5.91 Å². The van der Waals surface area contributed by atoms with Gasteiger partial charge in [0.05, 0.1) is 17.8 Å². The number of benzene rings is 2. The SMILES string of the molecule is COc1cc(/C=N/NC(=O)c2ccc(COc3ccc(-n4c(C)ccc4C)cc3)o2)cc(Br)c1OCC#N. The van der Waals surface area contributed by atoms with Crippen molar-refractivity contribution in [1.29, 1.82) is 5.26 Å². The molecule has 0 aliphatic heterocycles. The van der Waals surface area contributed by atoms with Crippen molar-refractivity contribution in [3.05, 3.63) is 93.6 Å². The summed E-state index contributed by atoms with van der Waals surface area (Å²) in [4.78, 5) is 12.4. The van der Waals surface area contributed by atoms with Gasteiger partial charge in [-0.05, 0) is 96.0 Å². The van der Waals surface area contributed by atoms with E-state index in [1.807, 2.05) is 30.3 Å². The number of aryl methyl sites for hydroxylation is 2. The van der Waals surface area contributed by atoms with Crippen molar-refractivity contribution in [2.24, 2.45) is 5.10 Å². The van der Waals surface area contributed by atoms with E-state index in [-0.39, 0.29) is 19.0 Å². The normalized spacial score (nSPS) is 10.8. The van der Waals surface area contributed by atoms with Gasteiger partial charge in [-0.15, -0.1) is 0 Å². The molecule has 0 spiro atoms. The van der Waals surface area contributed by atoms with Crippen LogP contribution in [0.3, 0.4) is 0 Å². The summed E-state index contributed by atoms with van der Waals surface area (Å²) in [6.07, 6.45) is 1.45. The minimum absolute atomic E-state index is 0.105. The van der Waals surface area contributed by atoms with Crippen LogP contribution in [-0.4, -0.2) is 30.4 Å². The standard InChI is InChI=1S/C28H25BrN4O5/c1-18-4-5-19(2)33(18)21-6-8-22(9-7-21)37-17-23-10-11-25(38-23)28(34)32-31-16-20-14-24(29)27(36-13-12-30)26(15-20)35-3/h4-11,14-16H,13,17H2,1-3H3,(H,32,34)/b31-16+. The number of rotatable bonds is 10. The molecule has 38 heavy (non-hydrogen) atoms. The first-order chi connectivity index (χ1) is 18.4. The van der Waals surface area contributed by atoms with E-state index >= 15 is 0 Å². The van der Waals surface area contributed by atoms with Gasteiger partial charge in [-0.2, -0.15) is 10.4 Å². The molecular weight excluding hydrogens is 552 g/mol. The van der Waals surface area contributed by atoms with Crippen LogP contribution in [0.2, 0.25) is 0 Å². The molecule has 2 aromatic carbocycles. The van der Waals surface area contributed by atoms with Crippen LogP contribution in [-0.2, 0) is 6.61 Å². The number of nitrogens with one attached hydrogen (secondary N) is 1. The molecule has 0 bridgehead atoms. The van der Waals surface area contributed by atoms with Crippen LogP contribution < -0.4 is 19.6 Å². The van der Waals surface area contributed by atoms with Gasteiger partial charge in [-0.1, -0.05) is 0 Å². The quantitative estimate of drug-likeness (QED) is 0.191. The molecule has 0 aliphatic rings. The first kappa shape index (κ1) is 26.6. The summed E-state index contributed by atoms with van der Waals surface area (Å²) >= 11 is 3.39. The van der Waals surface area contributed by atoms with Crippen LogP contribution in [0, 0.1) is 25.2 Å². The van der Waals surface area contributed by atoms with E-state index in [1.165, 1.54) is 13.3 Å². The van der Waals surface area contributed by atoms with E-state index in [0.717, 1.165) is 17.1 Å². The number of carbonyl (C=O) groups is 1. The zero-order valence-electron chi connectivity index (χ0n) is 21.0. The fraction of sp³-hybridized carbons (Fsp3) is 0.179. The van der Waals surface area contributed by atoms with Crippen LogP contribution in [0.25, 0.3) is 5.69 Å². The summed E-state index contributed by atoms with van der Waals surface area (Å²) < 4.78 is 24.9. The van der Waals surface area contributed by atoms with Gasteiger partial charge in [-0.25, -0.2) is 5.43 Å². The number of halogens is 1. The van der Waals surface area contributed by atoms with Crippen molar-refractivity contribution < 1.29 is 23.4 Å². The molecule has 0 atom stereocenters. The van der Waals surface area contributed by atoms with Gasteiger partial charge in [0.1, 0.15) is 24.2 Å². The Kier molecular flexibility index (Phi) is 8.51. The number of furan rings is 1. The second-order valence-electron chi connectivity index (χ2n) is 8.18. The summed E-state index contributed by atoms with van der Waals surface area (Å²) in [5.41, 5.74) is 6.45. The lowest BCUT2D eigenvalue weighted by molar-refractivity contribution is 0.0923. The average Bonchev–Trinajstić information content (AvgIpc) is 3.53. The van der Waals surface area contributed by atoms with Crippen LogP contribution >= 0.6 is 15.9 Å². The Morgan fingerprint density at radius 2 is 1.84 bits per heavy atom. The van der Waals surface area contributed by atoms with Gasteiger partial charge in [0, 0.05) is 17.1 Å². The average molecular weight is 577 g/mol. The highest BCUT2D eigenvalue weighted by atomic mass is 79.9. The number of carbonyl (C=O) groups excluding carboxylic acids is 1. The Hall–Kier alpha value is -4.49. The first-order valence-electron chi connectivity index (χ1n) is 11.6. The first-order valence-corrected chi connectivity index (χ1v) is 12.4. The fourth-order valence-corrected chi connectivity index (χ4v) is 4.35. The third kappa shape index (κ3) is 6.25. The molecule has 2 heterocycles. The summed E-state index contributed by atoms with van der Waals surface area (Å²) in [5.74, 6) is 1.61. The molecule has 0 fully saturated rings. The van der Waals surface area contributed by atoms with Crippen molar-refractivity contribution in [2.75, 3.05) is 13.7 Å². The fourth-order valence-electron chi connectivity index (χ4n) is 3.78. The molecule has 2 aromatic heterocycles. The summed E-state index contributed by atoms with van der Waals surface area (Å²) in [6.45, 7) is 4.19. The molecular formula is C28H25BrN4O5. The maximum absolute atomic E-state index is 12.4. The van der Waals surface area contributed by atoms with E-state index in [0.29, 0.717) is 33.0 Å². The Labute approximate surface area is 228 Å². The maximum Gasteiger partial charge on any atom is 0.307 e. The van der Waals surface area contributed by atoms with Crippen LogP contribution in [0.4, 0.5) is 0 Å². The van der Waals surface area contributed by atoms with Crippen molar-refractivity contribution >= 4 is 28.1 Å². The largest absolute Gasteiger partial charge is 0.493 e. The summed E-state index contributed by atoms with van der Waals surface area (Å²) in [6, 6.07) is 20.5. The van der Waals surface area contributed by atoms with E-state index in [1.54, 1.807) is 24.3 Å². The molecule has 1 amide bonds. The van der Waals surface area contributed by atoms with E-state index in [4.69, 9.17) is 23.9 Å². The van der Waals surface area contributed by atoms with Crippen LogP contribution in [0.1, 0.15) is 33.3 Å². The maximum atomic E-state index is 12.4. The smallest absolute Gasteiger partial charge is 0.307 e. The molecule has 0 saturated heterocycles. The zero-order valence-corrected chi connectivity index (χ0v) is 22.6. The van der Waals surface area contributed by atoms with Crippen molar-refractivity contribution in [3.8, 4) is 29.0 Å². The highest BCUT2D eigenvalue weighted by Gasteiger charge is 2.13. The number of ether oxygens (including phenoxy) is 3. The molecule has 194 valence electrons. The Morgan fingerprint density at radius 1 is 1.11 bits per heavy atom. The molecule has 0 saturated carbocycles. The van der Waals surface area contributed by atoms with Gasteiger partial charge < -0.3 is 23.2 Å². The molecule has 4 rings (SSSR count). The highest BCUT2D eigenvalue weighted by molar-refractivity contribution is 9.10. The third-order valence-electron chi connectivity index (χ3n) is 5.55. The van der Waals surface area contributed by atoms with Crippen molar-refractivity contribution in [2.45, 2.75) is 20.5 Å². The van der Waals surface area contributed by atoms with Crippen molar-refractivity contribution in [3.63, 3.8) is 0 Å². The Balaban J connectivity index is 1.32. The predicted molar refractivity (Wildman–Crippen MR) is 145 cm³/mol. The predicted octanol–water partition coefficient (Wildman–Crippen LogP) is 5.70. The molecule has 4 aromatic rings. The lowest BCUT2D eigenvalue weighted by Crippen LogP contribution is -2.16. The molecule has 1 N–H and O–H groups in total.